The lowest BCUT2D eigenvalue weighted by molar-refractivity contribution is 0.756. The molecule has 54 heavy (non-hydrogen) atoms. The Kier molecular flexibility index (Phi) is 7.07. The van der Waals surface area contributed by atoms with Gasteiger partial charge in [0.05, 0.1) is 11.0 Å². The van der Waals surface area contributed by atoms with E-state index in [1.807, 2.05) is 17.4 Å². The van der Waals surface area contributed by atoms with Gasteiger partial charge in [-0.05, 0) is 69.9 Å². The average Bonchev–Trinajstić information content (AvgIpc) is 3.78. The fourth-order valence-electron chi connectivity index (χ4n) is 8.00. The minimum Gasteiger partial charge on any atom is -0.324 e. The van der Waals surface area contributed by atoms with Crippen LogP contribution in [0.15, 0.2) is 192 Å². The van der Waals surface area contributed by atoms with Crippen LogP contribution in [0.1, 0.15) is 22.9 Å². The van der Waals surface area contributed by atoms with E-state index in [2.05, 4.69) is 186 Å². The van der Waals surface area contributed by atoms with E-state index in [1.165, 1.54) is 52.8 Å². The summed E-state index contributed by atoms with van der Waals surface area (Å²) in [5.74, 6) is 1.66. The highest BCUT2D eigenvalue weighted by molar-refractivity contribution is 7.26. The summed E-state index contributed by atoms with van der Waals surface area (Å²) >= 11 is 1.81. The molecule has 0 radical (unpaired) electrons. The molecule has 0 saturated carbocycles. The first-order valence-corrected chi connectivity index (χ1v) is 19.1. The molecule has 1 atom stereocenters. The summed E-state index contributed by atoms with van der Waals surface area (Å²) in [5, 5.41) is 11.2. The minimum atomic E-state index is -0.385. The smallest absolute Gasteiger partial charge is 0.169 e. The molecule has 3 heterocycles. The molecule has 0 saturated heterocycles. The Morgan fingerprint density at radius 1 is 0.463 bits per heavy atom. The van der Waals surface area contributed by atoms with Gasteiger partial charge in [-0.25, -0.2) is 9.98 Å². The molecule has 1 unspecified atom stereocenters. The number of benzene rings is 8. The number of nitrogens with one attached hydrogen (secondary N) is 1. The maximum atomic E-state index is 5.25. The van der Waals surface area contributed by atoms with E-state index in [0.29, 0.717) is 0 Å². The largest absolute Gasteiger partial charge is 0.324 e. The van der Waals surface area contributed by atoms with Crippen LogP contribution in [0.25, 0.3) is 69.6 Å². The maximum absolute atomic E-state index is 5.25. The van der Waals surface area contributed by atoms with E-state index in [1.54, 1.807) is 0 Å². The van der Waals surface area contributed by atoms with Crippen LogP contribution in [0.4, 0.5) is 0 Å². The van der Waals surface area contributed by atoms with Gasteiger partial charge < -0.3 is 9.88 Å². The van der Waals surface area contributed by atoms with Crippen LogP contribution in [0.5, 0.6) is 0 Å². The third-order valence-electron chi connectivity index (χ3n) is 10.7. The molecule has 0 bridgehead atoms. The Bertz CT molecular complexity index is 3110. The number of hydrogen-bond acceptors (Lipinski definition) is 4. The van der Waals surface area contributed by atoms with E-state index in [9.17, 15) is 0 Å². The third kappa shape index (κ3) is 5.05. The number of amidine groups is 2. The molecule has 2 aromatic heterocycles. The molecule has 254 valence electrons. The maximum Gasteiger partial charge on any atom is 0.169 e. The third-order valence-corrected chi connectivity index (χ3v) is 11.9. The van der Waals surface area contributed by atoms with Gasteiger partial charge in [0.1, 0.15) is 11.7 Å². The van der Waals surface area contributed by atoms with E-state index < -0.39 is 0 Å². The molecule has 1 N–H and O–H groups in total. The number of para-hydroxylation sites is 1. The normalized spacial score (nSPS) is 14.5. The van der Waals surface area contributed by atoms with Gasteiger partial charge in [-0.1, -0.05) is 140 Å². The molecule has 11 rings (SSSR count). The summed E-state index contributed by atoms with van der Waals surface area (Å²) in [6.07, 6.45) is -0.385. The highest BCUT2D eigenvalue weighted by Gasteiger charge is 2.23. The number of nitrogens with zero attached hydrogens (tertiary/aromatic N) is 3. The SMILES string of the molecule is c1ccc(C2=NC(c3ccc(-c4ccc(-n5c6ccccc6c6cc7ccccc7cc65)cc4)cc3)N=C(c3cccc4c3sc3ccccc34)N2)cc1. The molecule has 1 aliphatic rings. The second-order valence-corrected chi connectivity index (χ2v) is 14.9. The molecule has 5 heteroatoms. The molecule has 8 aromatic carbocycles. The van der Waals surface area contributed by atoms with E-state index in [4.69, 9.17) is 9.98 Å². The number of hydrogen-bond donors (Lipinski definition) is 1. The fourth-order valence-corrected chi connectivity index (χ4v) is 9.21. The molecule has 4 nitrogen and oxygen atoms in total. The van der Waals surface area contributed by atoms with E-state index >= 15 is 0 Å². The van der Waals surface area contributed by atoms with E-state index in [0.717, 1.165) is 45.2 Å². The lowest BCUT2D eigenvalue weighted by Crippen LogP contribution is -2.36. The van der Waals surface area contributed by atoms with Gasteiger partial charge in [-0.2, -0.15) is 0 Å². The summed E-state index contributed by atoms with van der Waals surface area (Å²) in [5.41, 5.74) is 9.05. The highest BCUT2D eigenvalue weighted by atomic mass is 32.1. The first-order chi connectivity index (χ1) is 26.7. The van der Waals surface area contributed by atoms with Crippen LogP contribution < -0.4 is 5.32 Å². The fraction of sp³-hybridized carbons (Fsp3) is 0.0204. The zero-order valence-corrected chi connectivity index (χ0v) is 30.0. The quantitative estimate of drug-likeness (QED) is 0.190. The molecule has 0 spiro atoms. The topological polar surface area (TPSA) is 41.7 Å². The van der Waals surface area contributed by atoms with Gasteiger partial charge in [-0.15, -0.1) is 11.3 Å². The summed E-state index contributed by atoms with van der Waals surface area (Å²) in [6, 6.07) is 65.1. The van der Waals surface area contributed by atoms with Crippen molar-refractivity contribution in [3.05, 3.63) is 199 Å². The Labute approximate surface area is 316 Å². The Morgan fingerprint density at radius 2 is 1.11 bits per heavy atom. The average molecular weight is 709 g/mol. The first kappa shape index (κ1) is 30.8. The zero-order valence-electron chi connectivity index (χ0n) is 29.1. The van der Waals surface area contributed by atoms with Crippen molar-refractivity contribution in [2.24, 2.45) is 9.98 Å². The highest BCUT2D eigenvalue weighted by Crippen LogP contribution is 2.38. The number of rotatable bonds is 5. The standard InChI is InChI=1S/C49H32N4S/c1-2-11-33(12-3-1)47-50-48(52-49(51-47)41-18-10-17-40-39-16-7-9-20-45(39)54-46(40)41)34-23-21-31(22-24-34)32-25-27-37(28-26-32)53-43-19-8-6-15-38(43)42-29-35-13-4-5-14-36(35)30-44(42)53/h1-30,48H,(H,50,51,52). The summed E-state index contributed by atoms with van der Waals surface area (Å²) in [7, 11) is 0. The molecule has 0 fully saturated rings. The summed E-state index contributed by atoms with van der Waals surface area (Å²) in [4.78, 5) is 10.4. The van der Waals surface area contributed by atoms with Crippen LogP contribution in [0, 0.1) is 0 Å². The Hall–Kier alpha value is -6.82. The predicted molar refractivity (Wildman–Crippen MR) is 228 cm³/mol. The van der Waals surface area contributed by atoms with Crippen molar-refractivity contribution in [2.75, 3.05) is 0 Å². The van der Waals surface area contributed by atoms with Gasteiger partial charge in [0.15, 0.2) is 6.17 Å². The van der Waals surface area contributed by atoms with Crippen molar-refractivity contribution in [1.82, 2.24) is 9.88 Å². The van der Waals surface area contributed by atoms with Crippen LogP contribution in [0.2, 0.25) is 0 Å². The Morgan fingerprint density at radius 3 is 1.93 bits per heavy atom. The number of fused-ring (bicyclic) bond motifs is 7. The summed E-state index contributed by atoms with van der Waals surface area (Å²) in [6.45, 7) is 0. The zero-order chi connectivity index (χ0) is 35.6. The van der Waals surface area contributed by atoms with Crippen molar-refractivity contribution in [1.29, 1.82) is 0 Å². The van der Waals surface area contributed by atoms with Gasteiger partial charge in [0, 0.05) is 47.8 Å². The molecule has 0 aliphatic carbocycles. The molecule has 1 aliphatic heterocycles. The number of aromatic nitrogens is 1. The van der Waals surface area contributed by atoms with Crippen LogP contribution in [-0.4, -0.2) is 16.2 Å². The predicted octanol–water partition coefficient (Wildman–Crippen LogP) is 12.5. The van der Waals surface area contributed by atoms with E-state index in [-0.39, 0.29) is 6.17 Å². The van der Waals surface area contributed by atoms with Crippen molar-refractivity contribution in [2.45, 2.75) is 6.17 Å². The van der Waals surface area contributed by atoms with Crippen molar-refractivity contribution >= 4 is 75.8 Å². The molecular formula is C49H32N4S. The lowest BCUT2D eigenvalue weighted by atomic mass is 10.0. The Balaban J connectivity index is 0.956. The second-order valence-electron chi connectivity index (χ2n) is 13.8. The second kappa shape index (κ2) is 12.4. The molecule has 10 aromatic rings. The van der Waals surface area contributed by atoms with Gasteiger partial charge in [0.25, 0.3) is 0 Å². The van der Waals surface area contributed by atoms with Crippen molar-refractivity contribution in [3.63, 3.8) is 0 Å². The molecule has 0 amide bonds. The van der Waals surface area contributed by atoms with Gasteiger partial charge in [0.2, 0.25) is 0 Å². The lowest BCUT2D eigenvalue weighted by Gasteiger charge is -2.23. The summed E-state index contributed by atoms with van der Waals surface area (Å²) < 4.78 is 4.89. The minimum absolute atomic E-state index is 0.385. The molecular weight excluding hydrogens is 677 g/mol. The first-order valence-electron chi connectivity index (χ1n) is 18.3. The van der Waals surface area contributed by atoms with Gasteiger partial charge >= 0.3 is 0 Å². The van der Waals surface area contributed by atoms with Gasteiger partial charge in [-0.3, -0.25) is 0 Å². The van der Waals surface area contributed by atoms with Crippen molar-refractivity contribution < 1.29 is 0 Å². The number of thiophene rings is 1. The van der Waals surface area contributed by atoms with Crippen LogP contribution >= 0.6 is 11.3 Å². The van der Waals surface area contributed by atoms with Crippen LogP contribution in [0.3, 0.4) is 0 Å². The van der Waals surface area contributed by atoms with Crippen molar-refractivity contribution in [3.8, 4) is 16.8 Å². The monoisotopic (exact) mass is 708 g/mol. The number of aliphatic imine (C=N–C) groups is 2. The van der Waals surface area contributed by atoms with Crippen LogP contribution in [-0.2, 0) is 0 Å².